The molecule has 0 amide bonds. The quantitative estimate of drug-likeness (QED) is 0.0198. The maximum Gasteiger partial charge on any atom is 0.306 e. The van der Waals surface area contributed by atoms with E-state index >= 15 is 0 Å². The first kappa shape index (κ1) is 53.5. The Labute approximate surface area is 339 Å². The third-order valence-electron chi connectivity index (χ3n) is 9.69. The second kappa shape index (κ2) is 38.0. The fourth-order valence-electron chi connectivity index (χ4n) is 6.11. The predicted octanol–water partition coefficient (Wildman–Crippen LogP) is 12.1. The van der Waals surface area contributed by atoms with Crippen LogP contribution in [0.3, 0.4) is 0 Å². The molecule has 0 fully saturated rings. The fraction of sp³-hybridized carbons (Fsp3) is 0.867. The number of likely N-dealkylation sites (N-methyl/N-ethyl adjacent to an activating group) is 1. The highest BCUT2D eigenvalue weighted by molar-refractivity contribution is 7.45. The minimum Gasteiger partial charge on any atom is -0.756 e. The molecule has 0 saturated heterocycles. The SMILES string of the molecule is CCCCCCCC/C=C\CCCCCCCC(=O)OCC(COP(=O)([O-])OCC[N+](C)(C)C)OC(=O)CCCCCCC/C=C\CCCCCCCCC. The van der Waals surface area contributed by atoms with Gasteiger partial charge in [-0.05, 0) is 64.2 Å². The van der Waals surface area contributed by atoms with Gasteiger partial charge < -0.3 is 27.9 Å². The molecule has 55 heavy (non-hydrogen) atoms. The van der Waals surface area contributed by atoms with E-state index in [0.717, 1.165) is 70.6 Å². The Balaban J connectivity index is 4.36. The topological polar surface area (TPSA) is 111 Å². The first-order valence-electron chi connectivity index (χ1n) is 22.5. The molecule has 0 radical (unpaired) electrons. The molecular formula is C45H86NO8P. The van der Waals surface area contributed by atoms with Gasteiger partial charge >= 0.3 is 11.9 Å². The molecule has 324 valence electrons. The van der Waals surface area contributed by atoms with E-state index in [2.05, 4.69) is 38.2 Å². The number of esters is 2. The molecule has 0 bridgehead atoms. The van der Waals surface area contributed by atoms with Crippen molar-refractivity contribution in [2.75, 3.05) is 47.5 Å². The number of phosphoric acid groups is 1. The molecule has 0 heterocycles. The Morgan fingerprint density at radius 2 is 0.927 bits per heavy atom. The molecule has 9 nitrogen and oxygen atoms in total. The Morgan fingerprint density at radius 1 is 0.545 bits per heavy atom. The zero-order valence-corrected chi connectivity index (χ0v) is 37.3. The summed E-state index contributed by atoms with van der Waals surface area (Å²) in [5.41, 5.74) is 0. The third-order valence-corrected chi connectivity index (χ3v) is 10.7. The summed E-state index contributed by atoms with van der Waals surface area (Å²) >= 11 is 0. The van der Waals surface area contributed by atoms with Crippen LogP contribution in [0.2, 0.25) is 0 Å². The number of rotatable bonds is 41. The lowest BCUT2D eigenvalue weighted by atomic mass is 10.1. The summed E-state index contributed by atoms with van der Waals surface area (Å²) in [5.74, 6) is -0.849. The van der Waals surface area contributed by atoms with Crippen molar-refractivity contribution >= 4 is 19.8 Å². The molecule has 0 aliphatic rings. The minimum absolute atomic E-state index is 0.0325. The smallest absolute Gasteiger partial charge is 0.306 e. The van der Waals surface area contributed by atoms with Crippen molar-refractivity contribution in [3.63, 3.8) is 0 Å². The van der Waals surface area contributed by atoms with Crippen molar-refractivity contribution in [1.82, 2.24) is 0 Å². The summed E-state index contributed by atoms with van der Waals surface area (Å²) in [6.07, 6.45) is 40.5. The van der Waals surface area contributed by atoms with Crippen molar-refractivity contribution in [3.8, 4) is 0 Å². The molecule has 0 saturated carbocycles. The van der Waals surface area contributed by atoms with Crippen LogP contribution in [-0.4, -0.2) is 70.0 Å². The standard InChI is InChI=1S/C45H86NO8P/c1-6-8-10-12-14-16-18-20-22-24-26-28-30-32-34-36-38-45(48)54-43(42-53-55(49,50)52-40-39-46(3,4)5)41-51-44(47)37-35-33-31-29-27-25-23-21-19-17-15-13-11-9-7-2/h21-24,43H,6-20,25-42H2,1-5H3/b23-21-,24-22-. The van der Waals surface area contributed by atoms with Gasteiger partial charge in [0.15, 0.2) is 6.10 Å². The summed E-state index contributed by atoms with van der Waals surface area (Å²) in [5, 5.41) is 0. The molecule has 0 aliphatic carbocycles. The van der Waals surface area contributed by atoms with Gasteiger partial charge in [0.25, 0.3) is 7.82 Å². The van der Waals surface area contributed by atoms with E-state index in [-0.39, 0.29) is 26.1 Å². The molecule has 10 heteroatoms. The number of nitrogens with zero attached hydrogens (tertiary/aromatic N) is 1. The van der Waals surface area contributed by atoms with Gasteiger partial charge in [-0.15, -0.1) is 0 Å². The number of phosphoric ester groups is 1. The van der Waals surface area contributed by atoms with Gasteiger partial charge in [0, 0.05) is 12.8 Å². The summed E-state index contributed by atoms with van der Waals surface area (Å²) < 4.78 is 33.9. The number of unbranched alkanes of at least 4 members (excludes halogenated alkanes) is 23. The van der Waals surface area contributed by atoms with E-state index in [9.17, 15) is 19.0 Å². The lowest BCUT2D eigenvalue weighted by Gasteiger charge is -2.28. The summed E-state index contributed by atoms with van der Waals surface area (Å²) in [6, 6.07) is 0. The van der Waals surface area contributed by atoms with E-state index in [1.165, 1.54) is 96.3 Å². The molecule has 0 aliphatic heterocycles. The van der Waals surface area contributed by atoms with Crippen molar-refractivity contribution in [1.29, 1.82) is 0 Å². The maximum atomic E-state index is 12.7. The van der Waals surface area contributed by atoms with Crippen molar-refractivity contribution in [2.45, 2.75) is 206 Å². The lowest BCUT2D eigenvalue weighted by molar-refractivity contribution is -0.870. The number of carbonyl (C=O) groups is 2. The van der Waals surface area contributed by atoms with Gasteiger partial charge in [0.05, 0.1) is 27.7 Å². The Hall–Kier alpha value is -1.51. The molecule has 0 aromatic carbocycles. The highest BCUT2D eigenvalue weighted by Crippen LogP contribution is 2.38. The second-order valence-electron chi connectivity index (χ2n) is 16.4. The van der Waals surface area contributed by atoms with Gasteiger partial charge in [-0.3, -0.25) is 14.2 Å². The molecule has 2 unspecified atom stereocenters. The normalized spacial score (nSPS) is 13.8. The molecule has 0 aromatic heterocycles. The van der Waals surface area contributed by atoms with E-state index < -0.39 is 32.5 Å². The van der Waals surface area contributed by atoms with E-state index in [1.807, 2.05) is 21.1 Å². The Morgan fingerprint density at radius 3 is 1.35 bits per heavy atom. The number of quaternary nitrogens is 1. The van der Waals surface area contributed by atoms with Crippen LogP contribution in [0.25, 0.3) is 0 Å². The van der Waals surface area contributed by atoms with Gasteiger partial charge in [-0.2, -0.15) is 0 Å². The van der Waals surface area contributed by atoms with Gasteiger partial charge in [0.1, 0.15) is 19.8 Å². The number of ether oxygens (including phenoxy) is 2. The molecule has 0 spiro atoms. The summed E-state index contributed by atoms with van der Waals surface area (Å²) in [6.45, 7) is 4.21. The van der Waals surface area contributed by atoms with Crippen LogP contribution in [0.5, 0.6) is 0 Å². The van der Waals surface area contributed by atoms with Crippen LogP contribution in [-0.2, 0) is 32.7 Å². The van der Waals surface area contributed by atoms with Crippen LogP contribution >= 0.6 is 7.82 Å². The van der Waals surface area contributed by atoms with E-state index in [0.29, 0.717) is 17.4 Å². The zero-order chi connectivity index (χ0) is 40.7. The first-order chi connectivity index (χ1) is 26.5. The number of hydrogen-bond acceptors (Lipinski definition) is 8. The average Bonchev–Trinajstić information content (AvgIpc) is 3.13. The zero-order valence-electron chi connectivity index (χ0n) is 36.4. The van der Waals surface area contributed by atoms with Crippen molar-refractivity contribution in [2.24, 2.45) is 0 Å². The Bertz CT molecular complexity index is 996. The molecular weight excluding hydrogens is 713 g/mol. The molecule has 2 atom stereocenters. The largest absolute Gasteiger partial charge is 0.756 e. The number of carbonyl (C=O) groups excluding carboxylic acids is 2. The highest BCUT2D eigenvalue weighted by atomic mass is 31.2. The number of allylic oxidation sites excluding steroid dienone is 4. The van der Waals surface area contributed by atoms with Crippen LogP contribution < -0.4 is 4.89 Å². The highest BCUT2D eigenvalue weighted by Gasteiger charge is 2.21. The second-order valence-corrected chi connectivity index (χ2v) is 17.8. The average molecular weight is 800 g/mol. The minimum atomic E-state index is -4.63. The third kappa shape index (κ3) is 41.9. The van der Waals surface area contributed by atoms with Crippen LogP contribution in [0.15, 0.2) is 24.3 Å². The summed E-state index contributed by atoms with van der Waals surface area (Å²) in [4.78, 5) is 37.5. The molecule has 0 aromatic rings. The van der Waals surface area contributed by atoms with Crippen LogP contribution in [0.1, 0.15) is 200 Å². The van der Waals surface area contributed by atoms with E-state index in [4.69, 9.17) is 18.5 Å². The molecule has 0 rings (SSSR count). The summed E-state index contributed by atoms with van der Waals surface area (Å²) in [7, 11) is 1.16. The number of hydrogen-bond donors (Lipinski definition) is 0. The van der Waals surface area contributed by atoms with Crippen molar-refractivity contribution in [3.05, 3.63) is 24.3 Å². The van der Waals surface area contributed by atoms with Crippen molar-refractivity contribution < 1.29 is 42.1 Å². The van der Waals surface area contributed by atoms with E-state index in [1.54, 1.807) is 0 Å². The lowest BCUT2D eigenvalue weighted by Crippen LogP contribution is -2.37. The fourth-order valence-corrected chi connectivity index (χ4v) is 6.84. The maximum absolute atomic E-state index is 12.7. The Kier molecular flexibility index (Phi) is 37.0. The monoisotopic (exact) mass is 800 g/mol. The van der Waals surface area contributed by atoms with Gasteiger partial charge in [-0.1, -0.05) is 147 Å². The molecule has 0 N–H and O–H groups in total. The first-order valence-corrected chi connectivity index (χ1v) is 24.0. The van der Waals surface area contributed by atoms with Crippen LogP contribution in [0, 0.1) is 0 Å². The van der Waals surface area contributed by atoms with Crippen LogP contribution in [0.4, 0.5) is 0 Å². The van der Waals surface area contributed by atoms with Gasteiger partial charge in [-0.25, -0.2) is 0 Å². The van der Waals surface area contributed by atoms with Gasteiger partial charge in [0.2, 0.25) is 0 Å². The predicted molar refractivity (Wildman–Crippen MR) is 227 cm³/mol.